The second-order valence-electron chi connectivity index (χ2n) is 7.46. The van der Waals surface area contributed by atoms with Crippen molar-refractivity contribution < 1.29 is 13.7 Å². The SMILES string of the molecule is CC(Nc1ncnc(N)c1C#N)c1nc2ccc(F)cc2c([S@](=O)CCO)c1-c1ccccc1. The molecule has 0 fully saturated rings. The lowest BCUT2D eigenvalue weighted by atomic mass is 9.97. The van der Waals surface area contributed by atoms with Crippen LogP contribution < -0.4 is 11.1 Å². The van der Waals surface area contributed by atoms with Gasteiger partial charge in [-0.1, -0.05) is 30.3 Å². The van der Waals surface area contributed by atoms with Crippen molar-refractivity contribution in [3.8, 4) is 17.2 Å². The molecule has 34 heavy (non-hydrogen) atoms. The maximum absolute atomic E-state index is 14.2. The van der Waals surface area contributed by atoms with E-state index in [9.17, 15) is 19.0 Å². The number of anilines is 2. The molecule has 0 saturated carbocycles. The van der Waals surface area contributed by atoms with Crippen molar-refractivity contribution in [2.24, 2.45) is 0 Å². The molecule has 0 bridgehead atoms. The van der Waals surface area contributed by atoms with Crippen molar-refractivity contribution in [3.63, 3.8) is 0 Å². The van der Waals surface area contributed by atoms with Gasteiger partial charge in [0, 0.05) is 10.9 Å². The van der Waals surface area contributed by atoms with Crippen LogP contribution in [-0.4, -0.2) is 36.6 Å². The fourth-order valence-corrected chi connectivity index (χ4v) is 4.96. The topological polar surface area (TPSA) is 138 Å². The van der Waals surface area contributed by atoms with Crippen molar-refractivity contribution in [3.05, 3.63) is 71.9 Å². The molecule has 172 valence electrons. The highest BCUT2D eigenvalue weighted by Gasteiger charge is 2.25. The zero-order valence-corrected chi connectivity index (χ0v) is 19.0. The molecule has 10 heteroatoms. The Balaban J connectivity index is 1.99. The van der Waals surface area contributed by atoms with E-state index in [1.807, 2.05) is 43.3 Å². The molecular formula is C24H21FN6O2S. The highest BCUT2D eigenvalue weighted by Crippen LogP contribution is 2.38. The van der Waals surface area contributed by atoms with Gasteiger partial charge in [0.2, 0.25) is 0 Å². The summed E-state index contributed by atoms with van der Waals surface area (Å²) in [5, 5.41) is 22.6. The van der Waals surface area contributed by atoms with E-state index in [4.69, 9.17) is 10.7 Å². The Kier molecular flexibility index (Phi) is 6.77. The molecule has 0 spiro atoms. The van der Waals surface area contributed by atoms with Gasteiger partial charge in [-0.2, -0.15) is 5.26 Å². The zero-order chi connectivity index (χ0) is 24.2. The molecule has 0 aliphatic heterocycles. The minimum absolute atomic E-state index is 0.0161. The minimum Gasteiger partial charge on any atom is -0.395 e. The van der Waals surface area contributed by atoms with Crippen LogP contribution in [0.4, 0.5) is 16.0 Å². The summed E-state index contributed by atoms with van der Waals surface area (Å²) < 4.78 is 27.6. The van der Waals surface area contributed by atoms with E-state index in [0.29, 0.717) is 27.1 Å². The lowest BCUT2D eigenvalue weighted by Gasteiger charge is -2.22. The summed E-state index contributed by atoms with van der Waals surface area (Å²) in [5.41, 5.74) is 8.19. The number of hydrogen-bond acceptors (Lipinski definition) is 8. The van der Waals surface area contributed by atoms with Gasteiger partial charge in [-0.25, -0.2) is 19.3 Å². The largest absolute Gasteiger partial charge is 0.395 e. The van der Waals surface area contributed by atoms with Gasteiger partial charge in [0.25, 0.3) is 0 Å². The van der Waals surface area contributed by atoms with Crippen LogP contribution in [0, 0.1) is 17.1 Å². The molecule has 2 aromatic carbocycles. The third kappa shape index (κ3) is 4.44. The average Bonchev–Trinajstić information content (AvgIpc) is 2.83. The summed E-state index contributed by atoms with van der Waals surface area (Å²) in [5.74, 6) is -0.218. The first-order valence-corrected chi connectivity index (χ1v) is 11.7. The lowest BCUT2D eigenvalue weighted by Crippen LogP contribution is -2.16. The Labute approximate surface area is 197 Å². The standard InChI is InChI=1S/C24H21FN6O2S/c1-14(30-24-18(12-26)23(27)28-13-29-24)21-20(15-5-3-2-4-6-15)22(34(33)10-9-32)17-11-16(25)7-8-19(17)31-21/h2-8,11,13-14,32H,9-10H2,1H3,(H3,27,28,29,30)/t14?,34-/m1/s1. The number of nitriles is 1. The van der Waals surface area contributed by atoms with Crippen molar-refractivity contribution >= 4 is 33.3 Å². The molecule has 0 amide bonds. The summed E-state index contributed by atoms with van der Waals surface area (Å²) in [6.07, 6.45) is 1.25. The molecule has 2 aromatic heterocycles. The van der Waals surface area contributed by atoms with Gasteiger partial charge in [-0.3, -0.25) is 4.21 Å². The van der Waals surface area contributed by atoms with Crippen molar-refractivity contribution in [1.82, 2.24) is 15.0 Å². The Bertz CT molecular complexity index is 1420. The van der Waals surface area contributed by atoms with E-state index in [-0.39, 0.29) is 29.6 Å². The van der Waals surface area contributed by atoms with Gasteiger partial charge in [-0.05, 0) is 30.7 Å². The molecule has 2 heterocycles. The van der Waals surface area contributed by atoms with E-state index in [2.05, 4.69) is 15.3 Å². The van der Waals surface area contributed by atoms with Crippen LogP contribution in [0.2, 0.25) is 0 Å². The number of nitrogens with two attached hydrogens (primary N) is 1. The van der Waals surface area contributed by atoms with Crippen LogP contribution in [0.3, 0.4) is 0 Å². The van der Waals surface area contributed by atoms with E-state index in [0.717, 1.165) is 5.56 Å². The normalized spacial score (nSPS) is 12.8. The number of fused-ring (bicyclic) bond motifs is 1. The van der Waals surface area contributed by atoms with Crippen LogP contribution in [0.5, 0.6) is 0 Å². The van der Waals surface area contributed by atoms with Gasteiger partial charge in [0.1, 0.15) is 35.4 Å². The maximum atomic E-state index is 14.2. The minimum atomic E-state index is -1.64. The van der Waals surface area contributed by atoms with Gasteiger partial charge < -0.3 is 16.2 Å². The first-order chi connectivity index (χ1) is 16.4. The summed E-state index contributed by atoms with van der Waals surface area (Å²) in [6, 6.07) is 14.8. The number of hydrogen-bond donors (Lipinski definition) is 3. The molecule has 0 saturated heterocycles. The first-order valence-electron chi connectivity index (χ1n) is 10.4. The molecule has 0 radical (unpaired) electrons. The Morgan fingerprint density at radius 1 is 1.24 bits per heavy atom. The molecule has 0 aliphatic rings. The predicted octanol–water partition coefficient (Wildman–Crippen LogP) is 3.56. The fraction of sp³-hybridized carbons (Fsp3) is 0.167. The first kappa shape index (κ1) is 23.2. The highest BCUT2D eigenvalue weighted by atomic mass is 32.2. The Morgan fingerprint density at radius 3 is 2.71 bits per heavy atom. The predicted molar refractivity (Wildman–Crippen MR) is 129 cm³/mol. The van der Waals surface area contributed by atoms with Crippen molar-refractivity contribution in [1.29, 1.82) is 5.26 Å². The second-order valence-corrected chi connectivity index (χ2v) is 8.97. The summed E-state index contributed by atoms with van der Waals surface area (Å²) in [4.78, 5) is 13.2. The Hall–Kier alpha value is -3.94. The molecule has 8 nitrogen and oxygen atoms in total. The average molecular weight is 477 g/mol. The number of nitrogens with zero attached hydrogens (tertiary/aromatic N) is 4. The molecule has 2 atom stereocenters. The molecule has 4 rings (SSSR count). The van der Waals surface area contributed by atoms with E-state index in [1.165, 1.54) is 24.5 Å². The van der Waals surface area contributed by atoms with E-state index >= 15 is 0 Å². The van der Waals surface area contributed by atoms with Gasteiger partial charge >= 0.3 is 0 Å². The number of rotatable bonds is 7. The quantitative estimate of drug-likeness (QED) is 0.368. The van der Waals surface area contributed by atoms with Gasteiger partial charge in [0.05, 0.1) is 45.3 Å². The molecule has 0 aliphatic carbocycles. The number of pyridine rings is 1. The monoisotopic (exact) mass is 476 g/mol. The number of benzene rings is 2. The third-order valence-electron chi connectivity index (χ3n) is 5.25. The number of nitrogen functional groups attached to an aromatic ring is 1. The molecule has 4 aromatic rings. The van der Waals surface area contributed by atoms with Crippen molar-refractivity contribution in [2.75, 3.05) is 23.4 Å². The number of aromatic nitrogens is 3. The Morgan fingerprint density at radius 2 is 2.00 bits per heavy atom. The second kappa shape index (κ2) is 9.91. The van der Waals surface area contributed by atoms with E-state index < -0.39 is 22.7 Å². The third-order valence-corrected chi connectivity index (χ3v) is 6.68. The van der Waals surface area contributed by atoms with Crippen LogP contribution in [-0.2, 0) is 10.8 Å². The number of nitrogens with one attached hydrogen (secondary N) is 1. The van der Waals surface area contributed by atoms with Gasteiger partial charge in [-0.15, -0.1) is 0 Å². The maximum Gasteiger partial charge on any atom is 0.150 e. The number of aliphatic hydroxyl groups excluding tert-OH is 1. The van der Waals surface area contributed by atoms with Crippen molar-refractivity contribution in [2.45, 2.75) is 17.9 Å². The van der Waals surface area contributed by atoms with Crippen LogP contribution >= 0.6 is 0 Å². The molecule has 4 N–H and O–H groups in total. The summed E-state index contributed by atoms with van der Waals surface area (Å²) in [6.45, 7) is 1.52. The number of halogens is 1. The number of aliphatic hydroxyl groups is 1. The van der Waals surface area contributed by atoms with Crippen LogP contribution in [0.25, 0.3) is 22.0 Å². The summed E-state index contributed by atoms with van der Waals surface area (Å²) >= 11 is 0. The smallest absolute Gasteiger partial charge is 0.150 e. The van der Waals surface area contributed by atoms with Crippen LogP contribution in [0.15, 0.2) is 59.8 Å². The van der Waals surface area contributed by atoms with E-state index in [1.54, 1.807) is 0 Å². The summed E-state index contributed by atoms with van der Waals surface area (Å²) in [7, 11) is -1.64. The van der Waals surface area contributed by atoms with Gasteiger partial charge in [0.15, 0.2) is 0 Å². The fourth-order valence-electron chi connectivity index (χ4n) is 3.74. The highest BCUT2D eigenvalue weighted by molar-refractivity contribution is 7.85. The molecular weight excluding hydrogens is 455 g/mol. The van der Waals surface area contributed by atoms with Crippen LogP contribution in [0.1, 0.15) is 24.2 Å². The lowest BCUT2D eigenvalue weighted by molar-refractivity contribution is 0.321. The molecule has 1 unspecified atom stereocenters. The zero-order valence-electron chi connectivity index (χ0n) is 18.2.